The second kappa shape index (κ2) is 3.93. The van der Waals surface area contributed by atoms with Crippen molar-refractivity contribution in [2.24, 2.45) is 5.73 Å². The van der Waals surface area contributed by atoms with E-state index in [2.05, 4.69) is 0 Å². The fourth-order valence-electron chi connectivity index (χ4n) is 1.47. The number of hydrogen-bond acceptors (Lipinski definition) is 4. The molecule has 1 saturated heterocycles. The van der Waals surface area contributed by atoms with Gasteiger partial charge in [-0.15, -0.1) is 0 Å². The summed E-state index contributed by atoms with van der Waals surface area (Å²) in [6.07, 6.45) is 0.266. The molecule has 6 heteroatoms. The predicted octanol–water partition coefficient (Wildman–Crippen LogP) is -2.18. The van der Waals surface area contributed by atoms with Crippen molar-refractivity contribution < 1.29 is 19.8 Å². The van der Waals surface area contributed by atoms with Crippen LogP contribution in [0.15, 0.2) is 0 Å². The van der Waals surface area contributed by atoms with Crippen molar-refractivity contribution >= 4 is 11.8 Å². The maximum absolute atomic E-state index is 11.0. The highest BCUT2D eigenvalue weighted by atomic mass is 16.3. The third-order valence-electron chi connectivity index (χ3n) is 2.54. The highest BCUT2D eigenvalue weighted by Crippen LogP contribution is 2.21. The molecule has 0 unspecified atom stereocenters. The molecule has 1 fully saturated rings. The molecule has 0 aromatic rings. The standard InChI is InChI=1S/C8H14N2O4/c9-7(13)8(14)1-3-10(4-2-8)6(12)5-11/h11,14H,1-5H2,(H2,9,13). The van der Waals surface area contributed by atoms with Crippen molar-refractivity contribution in [1.29, 1.82) is 0 Å². The predicted molar refractivity (Wildman–Crippen MR) is 47.0 cm³/mol. The summed E-state index contributed by atoms with van der Waals surface area (Å²) in [4.78, 5) is 23.3. The summed E-state index contributed by atoms with van der Waals surface area (Å²) in [5.41, 5.74) is 3.52. The highest BCUT2D eigenvalue weighted by molar-refractivity contribution is 5.84. The van der Waals surface area contributed by atoms with Gasteiger partial charge in [-0.25, -0.2) is 0 Å². The maximum atomic E-state index is 11.0. The molecule has 0 saturated carbocycles. The zero-order valence-electron chi connectivity index (χ0n) is 7.77. The average Bonchev–Trinajstić information content (AvgIpc) is 2.17. The fraction of sp³-hybridized carbons (Fsp3) is 0.750. The van der Waals surface area contributed by atoms with Crippen molar-refractivity contribution in [3.63, 3.8) is 0 Å². The molecule has 0 aromatic carbocycles. The lowest BCUT2D eigenvalue weighted by atomic mass is 9.91. The Morgan fingerprint density at radius 2 is 1.86 bits per heavy atom. The van der Waals surface area contributed by atoms with E-state index >= 15 is 0 Å². The van der Waals surface area contributed by atoms with Crippen molar-refractivity contribution in [2.45, 2.75) is 18.4 Å². The van der Waals surface area contributed by atoms with Gasteiger partial charge < -0.3 is 20.8 Å². The Kier molecular flexibility index (Phi) is 3.07. The van der Waals surface area contributed by atoms with E-state index in [0.717, 1.165) is 0 Å². The number of primary amides is 1. The number of carbonyl (C=O) groups excluding carboxylic acids is 2. The van der Waals surface area contributed by atoms with E-state index in [1.54, 1.807) is 0 Å². The minimum Gasteiger partial charge on any atom is -0.387 e. The van der Waals surface area contributed by atoms with Gasteiger partial charge in [-0.1, -0.05) is 0 Å². The average molecular weight is 202 g/mol. The van der Waals surface area contributed by atoms with E-state index in [1.165, 1.54) is 4.90 Å². The van der Waals surface area contributed by atoms with Crippen LogP contribution < -0.4 is 5.73 Å². The summed E-state index contributed by atoms with van der Waals surface area (Å²) in [6, 6.07) is 0. The van der Waals surface area contributed by atoms with Crippen LogP contribution in [0.1, 0.15) is 12.8 Å². The molecule has 14 heavy (non-hydrogen) atoms. The van der Waals surface area contributed by atoms with E-state index < -0.39 is 24.0 Å². The van der Waals surface area contributed by atoms with Crippen LogP contribution in [0.4, 0.5) is 0 Å². The van der Waals surface area contributed by atoms with Crippen molar-refractivity contribution in [1.82, 2.24) is 4.90 Å². The molecule has 0 aromatic heterocycles. The zero-order chi connectivity index (χ0) is 10.8. The smallest absolute Gasteiger partial charge is 0.249 e. The molecule has 1 rings (SSSR count). The first-order chi connectivity index (χ1) is 6.49. The number of piperidine rings is 1. The summed E-state index contributed by atoms with van der Waals surface area (Å²) in [7, 11) is 0. The van der Waals surface area contributed by atoms with Crippen LogP contribution in [-0.2, 0) is 9.59 Å². The summed E-state index contributed by atoms with van der Waals surface area (Å²) in [6.45, 7) is -0.0489. The number of carbonyl (C=O) groups is 2. The van der Waals surface area contributed by atoms with Crippen LogP contribution in [0.25, 0.3) is 0 Å². The molecule has 0 aliphatic carbocycles. The Hall–Kier alpha value is -1.14. The van der Waals surface area contributed by atoms with Gasteiger partial charge in [0.15, 0.2) is 0 Å². The summed E-state index contributed by atoms with van der Waals surface area (Å²) in [5.74, 6) is -1.15. The molecule has 0 atom stereocenters. The SMILES string of the molecule is NC(=O)C1(O)CCN(C(=O)CO)CC1. The van der Waals surface area contributed by atoms with Crippen LogP contribution in [-0.4, -0.2) is 52.2 Å². The highest BCUT2D eigenvalue weighted by Gasteiger charge is 2.38. The molecule has 0 bridgehead atoms. The lowest BCUT2D eigenvalue weighted by Crippen LogP contribution is -2.53. The van der Waals surface area contributed by atoms with Gasteiger partial charge in [0, 0.05) is 25.9 Å². The molecule has 0 spiro atoms. The number of aliphatic hydroxyl groups excluding tert-OH is 1. The Labute approximate surface area is 81.3 Å². The number of rotatable bonds is 2. The van der Waals surface area contributed by atoms with Gasteiger partial charge in [-0.2, -0.15) is 0 Å². The number of nitrogens with zero attached hydrogens (tertiary/aromatic N) is 1. The van der Waals surface area contributed by atoms with E-state index in [4.69, 9.17) is 10.8 Å². The molecule has 80 valence electrons. The van der Waals surface area contributed by atoms with Crippen LogP contribution in [0, 0.1) is 0 Å². The van der Waals surface area contributed by atoms with Crippen LogP contribution >= 0.6 is 0 Å². The summed E-state index contributed by atoms with van der Waals surface area (Å²) >= 11 is 0. The number of likely N-dealkylation sites (tertiary alicyclic amines) is 1. The summed E-state index contributed by atoms with van der Waals surface area (Å²) < 4.78 is 0. The summed E-state index contributed by atoms with van der Waals surface area (Å²) in [5, 5.41) is 18.2. The normalized spacial score (nSPS) is 20.6. The number of aliphatic hydroxyl groups is 2. The molecule has 4 N–H and O–H groups in total. The van der Waals surface area contributed by atoms with Crippen LogP contribution in [0.3, 0.4) is 0 Å². The first kappa shape index (κ1) is 10.9. The third-order valence-corrected chi connectivity index (χ3v) is 2.54. The van der Waals surface area contributed by atoms with Gasteiger partial charge in [-0.3, -0.25) is 9.59 Å². The first-order valence-corrected chi connectivity index (χ1v) is 4.40. The lowest BCUT2D eigenvalue weighted by Gasteiger charge is -2.35. The minimum absolute atomic E-state index is 0.133. The van der Waals surface area contributed by atoms with Crippen LogP contribution in [0.2, 0.25) is 0 Å². The van der Waals surface area contributed by atoms with Gasteiger partial charge in [0.1, 0.15) is 12.2 Å². The molecule has 6 nitrogen and oxygen atoms in total. The molecule has 0 radical (unpaired) electrons. The van der Waals surface area contributed by atoms with Gasteiger partial charge in [0.2, 0.25) is 11.8 Å². The van der Waals surface area contributed by atoms with Gasteiger partial charge >= 0.3 is 0 Å². The second-order valence-corrected chi connectivity index (χ2v) is 3.43. The minimum atomic E-state index is -1.49. The maximum Gasteiger partial charge on any atom is 0.249 e. The monoisotopic (exact) mass is 202 g/mol. The van der Waals surface area contributed by atoms with E-state index in [-0.39, 0.29) is 25.9 Å². The lowest BCUT2D eigenvalue weighted by molar-refractivity contribution is -0.148. The fourth-order valence-corrected chi connectivity index (χ4v) is 1.47. The van der Waals surface area contributed by atoms with Gasteiger partial charge in [-0.05, 0) is 0 Å². The number of nitrogens with two attached hydrogens (primary N) is 1. The topological polar surface area (TPSA) is 104 Å². The Balaban J connectivity index is 2.54. The third kappa shape index (κ3) is 2.02. The largest absolute Gasteiger partial charge is 0.387 e. The number of amides is 2. The molecular formula is C8H14N2O4. The molecule has 1 aliphatic heterocycles. The Bertz CT molecular complexity index is 246. The van der Waals surface area contributed by atoms with Gasteiger partial charge in [0.25, 0.3) is 0 Å². The second-order valence-electron chi connectivity index (χ2n) is 3.43. The van der Waals surface area contributed by atoms with Gasteiger partial charge in [0.05, 0.1) is 0 Å². The Morgan fingerprint density at radius 3 is 2.21 bits per heavy atom. The van der Waals surface area contributed by atoms with Crippen LogP contribution in [0.5, 0.6) is 0 Å². The molecule has 2 amide bonds. The number of hydrogen-bond donors (Lipinski definition) is 3. The Morgan fingerprint density at radius 1 is 1.36 bits per heavy atom. The zero-order valence-corrected chi connectivity index (χ0v) is 7.77. The van der Waals surface area contributed by atoms with Crippen molar-refractivity contribution in [2.75, 3.05) is 19.7 Å². The van der Waals surface area contributed by atoms with E-state index in [0.29, 0.717) is 0 Å². The molecule has 1 heterocycles. The molecule has 1 aliphatic rings. The van der Waals surface area contributed by atoms with E-state index in [1.807, 2.05) is 0 Å². The first-order valence-electron chi connectivity index (χ1n) is 4.40. The van der Waals surface area contributed by atoms with E-state index in [9.17, 15) is 14.7 Å². The quantitative estimate of drug-likeness (QED) is 0.473. The van der Waals surface area contributed by atoms with Crippen molar-refractivity contribution in [3.8, 4) is 0 Å². The molecular weight excluding hydrogens is 188 g/mol. The van der Waals surface area contributed by atoms with Crippen molar-refractivity contribution in [3.05, 3.63) is 0 Å².